The van der Waals surface area contributed by atoms with Crippen LogP contribution in [0, 0.1) is 5.92 Å². The van der Waals surface area contributed by atoms with Crippen molar-refractivity contribution in [2.45, 2.75) is 32.6 Å². The minimum atomic E-state index is -0.222. The van der Waals surface area contributed by atoms with Gasteiger partial charge < -0.3 is 4.90 Å². The van der Waals surface area contributed by atoms with E-state index in [0.717, 1.165) is 19.4 Å². The summed E-state index contributed by atoms with van der Waals surface area (Å²) in [6.07, 6.45) is 2.87. The van der Waals surface area contributed by atoms with E-state index in [2.05, 4.69) is 12.3 Å². The zero-order chi connectivity index (χ0) is 11.3. The average molecular weight is 213 g/mol. The fraction of sp³-hybridized carbons (Fsp3) is 0.800. The summed E-state index contributed by atoms with van der Waals surface area (Å²) in [4.78, 5) is 24.3. The van der Waals surface area contributed by atoms with Crippen LogP contribution in [0.25, 0.3) is 0 Å². The first-order chi connectivity index (χ1) is 7.13. The number of carbonyl (C=O) groups excluding carboxylic acids is 2. The number of hydrogen-bond acceptors (Lipinski definition) is 3. The van der Waals surface area contributed by atoms with Gasteiger partial charge in [-0.25, -0.2) is 5.84 Å². The topological polar surface area (TPSA) is 75.4 Å². The molecule has 1 aliphatic heterocycles. The molecule has 0 spiro atoms. The molecule has 0 aromatic carbocycles. The molecule has 1 heterocycles. The Bertz CT molecular complexity index is 243. The lowest BCUT2D eigenvalue weighted by molar-refractivity contribution is -0.131. The molecule has 86 valence electrons. The van der Waals surface area contributed by atoms with Gasteiger partial charge in [0, 0.05) is 25.9 Å². The largest absolute Gasteiger partial charge is 0.342 e. The molecule has 0 aromatic heterocycles. The van der Waals surface area contributed by atoms with Crippen molar-refractivity contribution in [3.05, 3.63) is 0 Å². The zero-order valence-electron chi connectivity index (χ0n) is 9.16. The SMILES string of the molecule is CC1CCC(=O)N(CCC(=O)NN)CC1. The maximum absolute atomic E-state index is 11.6. The first-order valence-electron chi connectivity index (χ1n) is 5.40. The molecule has 1 fully saturated rings. The fourth-order valence-electron chi connectivity index (χ4n) is 1.72. The van der Waals surface area contributed by atoms with Crippen molar-refractivity contribution in [3.8, 4) is 0 Å². The molecular weight excluding hydrogens is 194 g/mol. The van der Waals surface area contributed by atoms with Crippen molar-refractivity contribution in [3.63, 3.8) is 0 Å². The monoisotopic (exact) mass is 213 g/mol. The van der Waals surface area contributed by atoms with E-state index in [9.17, 15) is 9.59 Å². The van der Waals surface area contributed by atoms with E-state index in [0.29, 0.717) is 18.9 Å². The van der Waals surface area contributed by atoms with E-state index in [1.807, 2.05) is 0 Å². The third-order valence-corrected chi connectivity index (χ3v) is 2.87. The molecule has 0 saturated carbocycles. The van der Waals surface area contributed by atoms with Crippen LogP contribution in [0.2, 0.25) is 0 Å². The minimum absolute atomic E-state index is 0.157. The van der Waals surface area contributed by atoms with E-state index in [-0.39, 0.29) is 18.2 Å². The van der Waals surface area contributed by atoms with Gasteiger partial charge in [0.2, 0.25) is 11.8 Å². The number of carbonyl (C=O) groups is 2. The Morgan fingerprint density at radius 2 is 2.33 bits per heavy atom. The quantitative estimate of drug-likeness (QED) is 0.394. The van der Waals surface area contributed by atoms with Crippen LogP contribution in [0.15, 0.2) is 0 Å². The van der Waals surface area contributed by atoms with Gasteiger partial charge in [0.25, 0.3) is 0 Å². The van der Waals surface area contributed by atoms with Crippen LogP contribution >= 0.6 is 0 Å². The second-order valence-electron chi connectivity index (χ2n) is 4.13. The molecule has 5 nitrogen and oxygen atoms in total. The number of rotatable bonds is 3. The average Bonchev–Trinajstić information content (AvgIpc) is 2.39. The highest BCUT2D eigenvalue weighted by Crippen LogP contribution is 2.17. The molecule has 15 heavy (non-hydrogen) atoms. The smallest absolute Gasteiger partial charge is 0.235 e. The molecule has 5 heteroatoms. The van der Waals surface area contributed by atoms with Crippen LogP contribution < -0.4 is 11.3 Å². The normalized spacial score (nSPS) is 22.4. The molecule has 2 amide bonds. The van der Waals surface area contributed by atoms with Crippen LogP contribution in [-0.2, 0) is 9.59 Å². The van der Waals surface area contributed by atoms with Gasteiger partial charge in [-0.1, -0.05) is 6.92 Å². The molecule has 0 aliphatic carbocycles. The highest BCUT2D eigenvalue weighted by molar-refractivity contribution is 5.78. The van der Waals surface area contributed by atoms with Crippen LogP contribution in [0.5, 0.6) is 0 Å². The summed E-state index contributed by atoms with van der Waals surface area (Å²) in [6.45, 7) is 3.40. The van der Waals surface area contributed by atoms with Crippen molar-refractivity contribution in [2.24, 2.45) is 11.8 Å². The van der Waals surface area contributed by atoms with Crippen LogP contribution in [-0.4, -0.2) is 29.8 Å². The van der Waals surface area contributed by atoms with Gasteiger partial charge in [0.15, 0.2) is 0 Å². The maximum Gasteiger partial charge on any atom is 0.235 e. The summed E-state index contributed by atoms with van der Waals surface area (Å²) in [5.74, 6) is 5.51. The molecule has 1 saturated heterocycles. The maximum atomic E-state index is 11.6. The number of nitrogens with two attached hydrogens (primary N) is 1. The van der Waals surface area contributed by atoms with E-state index >= 15 is 0 Å². The van der Waals surface area contributed by atoms with Gasteiger partial charge in [-0.2, -0.15) is 0 Å². The molecule has 3 N–H and O–H groups in total. The Balaban J connectivity index is 2.38. The molecular formula is C10H19N3O2. The summed E-state index contributed by atoms with van der Waals surface area (Å²) < 4.78 is 0. The summed E-state index contributed by atoms with van der Waals surface area (Å²) in [5.41, 5.74) is 2.07. The summed E-state index contributed by atoms with van der Waals surface area (Å²) in [7, 11) is 0. The number of amides is 2. The molecule has 1 rings (SSSR count). The van der Waals surface area contributed by atoms with Crippen LogP contribution in [0.1, 0.15) is 32.6 Å². The van der Waals surface area contributed by atoms with Gasteiger partial charge in [-0.3, -0.25) is 15.0 Å². The van der Waals surface area contributed by atoms with Crippen molar-refractivity contribution in [1.29, 1.82) is 0 Å². The zero-order valence-corrected chi connectivity index (χ0v) is 9.16. The van der Waals surface area contributed by atoms with E-state index in [1.54, 1.807) is 4.90 Å². The summed E-state index contributed by atoms with van der Waals surface area (Å²) in [6, 6.07) is 0. The predicted octanol–water partition coefficient (Wildman–Crippen LogP) is 0.0150. The highest BCUT2D eigenvalue weighted by Gasteiger charge is 2.20. The first-order valence-corrected chi connectivity index (χ1v) is 5.40. The van der Waals surface area contributed by atoms with Crippen molar-refractivity contribution < 1.29 is 9.59 Å². The third-order valence-electron chi connectivity index (χ3n) is 2.87. The number of nitrogens with zero attached hydrogens (tertiary/aromatic N) is 1. The third kappa shape index (κ3) is 3.87. The molecule has 0 bridgehead atoms. The predicted molar refractivity (Wildman–Crippen MR) is 56.5 cm³/mol. The van der Waals surface area contributed by atoms with Crippen molar-refractivity contribution in [2.75, 3.05) is 13.1 Å². The Hall–Kier alpha value is -1.10. The van der Waals surface area contributed by atoms with Crippen molar-refractivity contribution >= 4 is 11.8 Å². The van der Waals surface area contributed by atoms with E-state index in [4.69, 9.17) is 5.84 Å². The molecule has 0 radical (unpaired) electrons. The fourth-order valence-corrected chi connectivity index (χ4v) is 1.72. The standard InChI is InChI=1S/C10H19N3O2/c1-8-2-3-10(15)13(6-4-8)7-5-9(14)12-11/h8H,2-7,11H2,1H3,(H,12,14). The summed E-state index contributed by atoms with van der Waals surface area (Å²) >= 11 is 0. The van der Waals surface area contributed by atoms with Crippen molar-refractivity contribution in [1.82, 2.24) is 10.3 Å². The van der Waals surface area contributed by atoms with Gasteiger partial charge in [0.1, 0.15) is 0 Å². The molecule has 1 aliphatic rings. The Kier molecular flexibility index (Phi) is 4.55. The highest BCUT2D eigenvalue weighted by atomic mass is 16.2. The minimum Gasteiger partial charge on any atom is -0.342 e. The van der Waals surface area contributed by atoms with Gasteiger partial charge in [-0.05, 0) is 18.8 Å². The van der Waals surface area contributed by atoms with Crippen LogP contribution in [0.4, 0.5) is 0 Å². The Morgan fingerprint density at radius 1 is 1.60 bits per heavy atom. The number of hydrogen-bond donors (Lipinski definition) is 2. The second kappa shape index (κ2) is 5.70. The Morgan fingerprint density at radius 3 is 3.00 bits per heavy atom. The van der Waals surface area contributed by atoms with Crippen LogP contribution in [0.3, 0.4) is 0 Å². The van der Waals surface area contributed by atoms with Gasteiger partial charge in [-0.15, -0.1) is 0 Å². The number of hydrazine groups is 1. The lowest BCUT2D eigenvalue weighted by atomic mass is 10.0. The lowest BCUT2D eigenvalue weighted by Gasteiger charge is -2.19. The number of likely N-dealkylation sites (tertiary alicyclic amines) is 1. The van der Waals surface area contributed by atoms with E-state index in [1.165, 1.54) is 0 Å². The first kappa shape index (κ1) is 12.0. The molecule has 1 unspecified atom stereocenters. The summed E-state index contributed by atoms with van der Waals surface area (Å²) in [5, 5.41) is 0. The van der Waals surface area contributed by atoms with Gasteiger partial charge >= 0.3 is 0 Å². The lowest BCUT2D eigenvalue weighted by Crippen LogP contribution is -2.36. The second-order valence-corrected chi connectivity index (χ2v) is 4.13. The number of nitrogens with one attached hydrogen (secondary N) is 1. The Labute approximate surface area is 90.0 Å². The molecule has 0 aromatic rings. The van der Waals surface area contributed by atoms with Gasteiger partial charge in [0.05, 0.1) is 0 Å². The molecule has 1 atom stereocenters. The van der Waals surface area contributed by atoms with E-state index < -0.39 is 0 Å².